The SMILES string of the molecule is COCCN1CC(CN)CCC1C. The van der Waals surface area contributed by atoms with Crippen LogP contribution in [0.1, 0.15) is 19.8 Å². The van der Waals surface area contributed by atoms with Crippen LogP contribution in [0.4, 0.5) is 0 Å². The Kier molecular flexibility index (Phi) is 4.70. The number of rotatable bonds is 4. The Labute approximate surface area is 81.2 Å². The van der Waals surface area contributed by atoms with E-state index < -0.39 is 0 Å². The van der Waals surface area contributed by atoms with E-state index in [0.29, 0.717) is 12.0 Å². The molecular weight excluding hydrogens is 164 g/mol. The third kappa shape index (κ3) is 3.25. The zero-order chi connectivity index (χ0) is 9.68. The summed E-state index contributed by atoms with van der Waals surface area (Å²) < 4.78 is 5.09. The summed E-state index contributed by atoms with van der Waals surface area (Å²) in [6.45, 7) is 6.16. The highest BCUT2D eigenvalue weighted by atomic mass is 16.5. The first-order valence-electron chi connectivity index (χ1n) is 5.21. The lowest BCUT2D eigenvalue weighted by molar-refractivity contribution is 0.0810. The molecule has 0 aromatic carbocycles. The Morgan fingerprint density at radius 2 is 2.23 bits per heavy atom. The maximum atomic E-state index is 5.68. The molecule has 0 saturated carbocycles. The fourth-order valence-electron chi connectivity index (χ4n) is 1.97. The second kappa shape index (κ2) is 5.58. The molecule has 2 N–H and O–H groups in total. The second-order valence-corrected chi connectivity index (χ2v) is 4.02. The summed E-state index contributed by atoms with van der Waals surface area (Å²) in [6.07, 6.45) is 2.58. The van der Waals surface area contributed by atoms with Crippen molar-refractivity contribution in [2.75, 3.05) is 33.4 Å². The molecule has 0 bridgehead atoms. The molecule has 0 spiro atoms. The first-order valence-corrected chi connectivity index (χ1v) is 5.21. The van der Waals surface area contributed by atoms with E-state index in [1.807, 2.05) is 0 Å². The van der Waals surface area contributed by atoms with Crippen LogP contribution >= 0.6 is 0 Å². The summed E-state index contributed by atoms with van der Waals surface area (Å²) in [4.78, 5) is 2.49. The number of ether oxygens (including phenoxy) is 1. The number of nitrogens with zero attached hydrogens (tertiary/aromatic N) is 1. The molecule has 13 heavy (non-hydrogen) atoms. The molecule has 2 atom stereocenters. The van der Waals surface area contributed by atoms with E-state index in [-0.39, 0.29) is 0 Å². The number of hydrogen-bond acceptors (Lipinski definition) is 3. The van der Waals surface area contributed by atoms with E-state index in [2.05, 4.69) is 11.8 Å². The normalized spacial score (nSPS) is 30.7. The van der Waals surface area contributed by atoms with Crippen LogP contribution in [0.25, 0.3) is 0 Å². The largest absolute Gasteiger partial charge is 0.383 e. The second-order valence-electron chi connectivity index (χ2n) is 4.02. The van der Waals surface area contributed by atoms with Gasteiger partial charge in [-0.3, -0.25) is 4.90 Å². The van der Waals surface area contributed by atoms with Crippen molar-refractivity contribution in [1.82, 2.24) is 4.90 Å². The topological polar surface area (TPSA) is 38.5 Å². The van der Waals surface area contributed by atoms with Gasteiger partial charge >= 0.3 is 0 Å². The van der Waals surface area contributed by atoms with Crippen molar-refractivity contribution >= 4 is 0 Å². The van der Waals surface area contributed by atoms with Gasteiger partial charge in [0.2, 0.25) is 0 Å². The molecule has 0 aromatic rings. The van der Waals surface area contributed by atoms with Crippen LogP contribution in [0, 0.1) is 5.92 Å². The van der Waals surface area contributed by atoms with Crippen LogP contribution in [0.3, 0.4) is 0 Å². The fraction of sp³-hybridized carbons (Fsp3) is 1.00. The maximum absolute atomic E-state index is 5.68. The molecule has 1 rings (SSSR count). The average molecular weight is 186 g/mol. The third-order valence-electron chi connectivity index (χ3n) is 3.02. The van der Waals surface area contributed by atoms with Gasteiger partial charge in [-0.15, -0.1) is 0 Å². The van der Waals surface area contributed by atoms with Crippen molar-refractivity contribution in [2.24, 2.45) is 11.7 Å². The summed E-state index contributed by atoms with van der Waals surface area (Å²) in [5.74, 6) is 0.702. The van der Waals surface area contributed by atoms with Gasteiger partial charge in [-0.05, 0) is 32.2 Å². The van der Waals surface area contributed by atoms with Gasteiger partial charge in [0.25, 0.3) is 0 Å². The molecule has 3 nitrogen and oxygen atoms in total. The lowest BCUT2D eigenvalue weighted by atomic mass is 9.94. The minimum atomic E-state index is 0.702. The van der Waals surface area contributed by atoms with Crippen molar-refractivity contribution < 1.29 is 4.74 Å². The number of likely N-dealkylation sites (tertiary alicyclic amines) is 1. The first kappa shape index (κ1) is 11.0. The zero-order valence-electron chi connectivity index (χ0n) is 8.83. The lowest BCUT2D eigenvalue weighted by Gasteiger charge is -2.37. The van der Waals surface area contributed by atoms with Crippen molar-refractivity contribution in [3.05, 3.63) is 0 Å². The molecule has 1 aliphatic rings. The Bertz CT molecular complexity index is 141. The Hall–Kier alpha value is -0.120. The van der Waals surface area contributed by atoms with E-state index >= 15 is 0 Å². The molecule has 0 aromatic heterocycles. The van der Waals surface area contributed by atoms with Crippen molar-refractivity contribution in [2.45, 2.75) is 25.8 Å². The Balaban J connectivity index is 2.31. The average Bonchev–Trinajstić information content (AvgIpc) is 2.17. The Morgan fingerprint density at radius 1 is 1.46 bits per heavy atom. The molecule has 0 amide bonds. The number of piperidine rings is 1. The predicted octanol–water partition coefficient (Wildman–Crippen LogP) is 0.692. The van der Waals surface area contributed by atoms with Gasteiger partial charge in [-0.25, -0.2) is 0 Å². The fourth-order valence-corrected chi connectivity index (χ4v) is 1.97. The minimum absolute atomic E-state index is 0.702. The van der Waals surface area contributed by atoms with Crippen molar-refractivity contribution in [3.8, 4) is 0 Å². The molecule has 1 saturated heterocycles. The summed E-state index contributed by atoms with van der Waals surface area (Å²) in [5.41, 5.74) is 5.68. The molecule has 0 radical (unpaired) electrons. The van der Waals surface area contributed by atoms with Crippen LogP contribution in [0.15, 0.2) is 0 Å². The van der Waals surface area contributed by atoms with E-state index in [1.54, 1.807) is 7.11 Å². The number of nitrogens with two attached hydrogens (primary N) is 1. The molecular formula is C10H22N2O. The van der Waals surface area contributed by atoms with Crippen molar-refractivity contribution in [3.63, 3.8) is 0 Å². The molecule has 0 aliphatic carbocycles. The highest BCUT2D eigenvalue weighted by molar-refractivity contribution is 4.78. The Morgan fingerprint density at radius 3 is 2.85 bits per heavy atom. The van der Waals surface area contributed by atoms with E-state index in [1.165, 1.54) is 12.8 Å². The monoisotopic (exact) mass is 186 g/mol. The molecule has 1 fully saturated rings. The van der Waals surface area contributed by atoms with E-state index in [4.69, 9.17) is 10.5 Å². The molecule has 3 heteroatoms. The van der Waals surface area contributed by atoms with Crippen LogP contribution < -0.4 is 5.73 Å². The van der Waals surface area contributed by atoms with Gasteiger partial charge < -0.3 is 10.5 Å². The van der Waals surface area contributed by atoms with E-state index in [0.717, 1.165) is 26.2 Å². The third-order valence-corrected chi connectivity index (χ3v) is 3.02. The van der Waals surface area contributed by atoms with Gasteiger partial charge in [0.15, 0.2) is 0 Å². The molecule has 2 unspecified atom stereocenters. The van der Waals surface area contributed by atoms with Gasteiger partial charge in [-0.1, -0.05) is 0 Å². The summed E-state index contributed by atoms with van der Waals surface area (Å²) in [7, 11) is 1.76. The zero-order valence-corrected chi connectivity index (χ0v) is 8.83. The first-order chi connectivity index (χ1) is 6.27. The summed E-state index contributed by atoms with van der Waals surface area (Å²) in [5, 5.41) is 0. The summed E-state index contributed by atoms with van der Waals surface area (Å²) in [6, 6.07) is 0.706. The van der Waals surface area contributed by atoms with Crippen LogP contribution in [-0.2, 0) is 4.74 Å². The van der Waals surface area contributed by atoms with Crippen LogP contribution in [0.5, 0.6) is 0 Å². The quantitative estimate of drug-likeness (QED) is 0.702. The number of hydrogen-bond donors (Lipinski definition) is 1. The van der Waals surface area contributed by atoms with Gasteiger partial charge in [0, 0.05) is 26.2 Å². The molecule has 1 aliphatic heterocycles. The van der Waals surface area contributed by atoms with Crippen LogP contribution in [-0.4, -0.2) is 44.3 Å². The van der Waals surface area contributed by atoms with E-state index in [9.17, 15) is 0 Å². The lowest BCUT2D eigenvalue weighted by Crippen LogP contribution is -2.45. The maximum Gasteiger partial charge on any atom is 0.0589 e. The highest BCUT2D eigenvalue weighted by Crippen LogP contribution is 2.20. The summed E-state index contributed by atoms with van der Waals surface area (Å²) >= 11 is 0. The van der Waals surface area contributed by atoms with Gasteiger partial charge in [-0.2, -0.15) is 0 Å². The van der Waals surface area contributed by atoms with Crippen molar-refractivity contribution in [1.29, 1.82) is 0 Å². The van der Waals surface area contributed by atoms with Crippen LogP contribution in [0.2, 0.25) is 0 Å². The van der Waals surface area contributed by atoms with Gasteiger partial charge in [0.1, 0.15) is 0 Å². The predicted molar refractivity (Wildman–Crippen MR) is 54.7 cm³/mol. The standard InChI is InChI=1S/C10H22N2O/c1-9-3-4-10(7-11)8-12(9)5-6-13-2/h9-10H,3-8,11H2,1-2H3. The smallest absolute Gasteiger partial charge is 0.0589 e. The van der Waals surface area contributed by atoms with Gasteiger partial charge in [0.05, 0.1) is 6.61 Å². The molecule has 1 heterocycles. The minimum Gasteiger partial charge on any atom is -0.383 e. The molecule has 78 valence electrons. The highest BCUT2D eigenvalue weighted by Gasteiger charge is 2.23. The number of methoxy groups -OCH3 is 1.